The topological polar surface area (TPSA) is 24.9 Å². The fourth-order valence-electron chi connectivity index (χ4n) is 2.58. The molecule has 1 aromatic carbocycles. The van der Waals surface area contributed by atoms with E-state index in [1.165, 1.54) is 26.3 Å². The SMILES string of the molecule is CCNC(c1cnc2ccccc2c1)c1cc(C)c(C)s1. The van der Waals surface area contributed by atoms with E-state index in [2.05, 4.69) is 61.4 Å². The van der Waals surface area contributed by atoms with Gasteiger partial charge < -0.3 is 5.32 Å². The van der Waals surface area contributed by atoms with E-state index < -0.39 is 0 Å². The normalized spacial score (nSPS) is 12.7. The lowest BCUT2D eigenvalue weighted by atomic mass is 10.0. The Morgan fingerprint density at radius 3 is 2.71 bits per heavy atom. The molecule has 0 bridgehead atoms. The van der Waals surface area contributed by atoms with Crippen LogP contribution in [0.5, 0.6) is 0 Å². The predicted molar refractivity (Wildman–Crippen MR) is 91.1 cm³/mol. The monoisotopic (exact) mass is 296 g/mol. The van der Waals surface area contributed by atoms with Crippen LogP contribution in [-0.2, 0) is 0 Å². The molecule has 21 heavy (non-hydrogen) atoms. The molecule has 0 aliphatic rings. The molecule has 3 aromatic rings. The highest BCUT2D eigenvalue weighted by atomic mass is 32.1. The summed E-state index contributed by atoms with van der Waals surface area (Å²) in [6.07, 6.45) is 2.00. The van der Waals surface area contributed by atoms with E-state index in [0.717, 1.165) is 12.1 Å². The van der Waals surface area contributed by atoms with Crippen LogP contribution >= 0.6 is 11.3 Å². The molecule has 0 fully saturated rings. The van der Waals surface area contributed by atoms with Gasteiger partial charge in [0.05, 0.1) is 11.6 Å². The number of rotatable bonds is 4. The molecule has 0 saturated carbocycles. The van der Waals surface area contributed by atoms with E-state index in [1.807, 2.05) is 23.6 Å². The van der Waals surface area contributed by atoms with Gasteiger partial charge in [-0.25, -0.2) is 0 Å². The summed E-state index contributed by atoms with van der Waals surface area (Å²) in [5, 5.41) is 4.79. The molecule has 0 amide bonds. The third-order valence-corrected chi connectivity index (χ3v) is 5.04. The van der Waals surface area contributed by atoms with Crippen LogP contribution in [-0.4, -0.2) is 11.5 Å². The number of hydrogen-bond donors (Lipinski definition) is 1. The lowest BCUT2D eigenvalue weighted by Crippen LogP contribution is -2.21. The first-order valence-electron chi connectivity index (χ1n) is 7.34. The van der Waals surface area contributed by atoms with Gasteiger partial charge in [0.25, 0.3) is 0 Å². The van der Waals surface area contributed by atoms with Crippen LogP contribution in [0.4, 0.5) is 0 Å². The number of aromatic nitrogens is 1. The maximum absolute atomic E-state index is 4.60. The summed E-state index contributed by atoms with van der Waals surface area (Å²) < 4.78 is 0. The zero-order chi connectivity index (χ0) is 14.8. The maximum Gasteiger partial charge on any atom is 0.0702 e. The molecule has 2 aromatic heterocycles. The van der Waals surface area contributed by atoms with Crippen LogP contribution in [0.2, 0.25) is 0 Å². The number of fused-ring (bicyclic) bond motifs is 1. The summed E-state index contributed by atoms with van der Waals surface area (Å²) in [5.41, 5.74) is 3.65. The Morgan fingerprint density at radius 1 is 1.19 bits per heavy atom. The van der Waals surface area contributed by atoms with Crippen LogP contribution in [0, 0.1) is 13.8 Å². The van der Waals surface area contributed by atoms with Crippen LogP contribution in [0.3, 0.4) is 0 Å². The Labute approximate surface area is 129 Å². The Hall–Kier alpha value is -1.71. The van der Waals surface area contributed by atoms with E-state index in [1.54, 1.807) is 0 Å². The summed E-state index contributed by atoms with van der Waals surface area (Å²) in [7, 11) is 0. The highest BCUT2D eigenvalue weighted by Gasteiger charge is 2.17. The molecule has 0 aliphatic heterocycles. The summed E-state index contributed by atoms with van der Waals surface area (Å²) >= 11 is 1.87. The molecule has 0 aliphatic carbocycles. The number of thiophene rings is 1. The van der Waals surface area contributed by atoms with Gasteiger partial charge >= 0.3 is 0 Å². The van der Waals surface area contributed by atoms with E-state index in [-0.39, 0.29) is 6.04 Å². The van der Waals surface area contributed by atoms with Crippen LogP contribution in [0.25, 0.3) is 10.9 Å². The number of para-hydroxylation sites is 1. The molecule has 3 rings (SSSR count). The van der Waals surface area contributed by atoms with Crippen molar-refractivity contribution in [2.45, 2.75) is 26.8 Å². The zero-order valence-corrected chi connectivity index (χ0v) is 13.5. The van der Waals surface area contributed by atoms with Gasteiger partial charge in [0.15, 0.2) is 0 Å². The van der Waals surface area contributed by atoms with Crippen molar-refractivity contribution in [2.24, 2.45) is 0 Å². The van der Waals surface area contributed by atoms with Gasteiger partial charge in [0.1, 0.15) is 0 Å². The van der Waals surface area contributed by atoms with Crippen LogP contribution < -0.4 is 5.32 Å². The highest BCUT2D eigenvalue weighted by Crippen LogP contribution is 2.31. The minimum atomic E-state index is 0.226. The lowest BCUT2D eigenvalue weighted by molar-refractivity contribution is 0.638. The molecule has 2 nitrogen and oxygen atoms in total. The number of nitrogens with one attached hydrogen (secondary N) is 1. The minimum Gasteiger partial charge on any atom is -0.306 e. The molecular weight excluding hydrogens is 276 g/mol. The standard InChI is InChI=1S/C18H20N2S/c1-4-19-18(17-9-12(2)13(3)21-17)15-10-14-7-5-6-8-16(14)20-11-15/h5-11,18-19H,4H2,1-3H3. The van der Waals surface area contributed by atoms with Crippen molar-refractivity contribution in [1.29, 1.82) is 0 Å². The molecule has 3 heteroatoms. The first kappa shape index (κ1) is 14.2. The molecule has 108 valence electrons. The summed E-state index contributed by atoms with van der Waals surface area (Å²) in [4.78, 5) is 7.36. The van der Waals surface area contributed by atoms with Crippen molar-refractivity contribution in [2.75, 3.05) is 6.54 Å². The van der Waals surface area contributed by atoms with Gasteiger partial charge in [-0.05, 0) is 49.7 Å². The van der Waals surface area contributed by atoms with E-state index in [9.17, 15) is 0 Å². The second-order valence-corrected chi connectivity index (χ2v) is 6.63. The second-order valence-electron chi connectivity index (χ2n) is 5.34. The van der Waals surface area contributed by atoms with Crippen molar-refractivity contribution in [3.8, 4) is 0 Å². The minimum absolute atomic E-state index is 0.226. The molecule has 1 atom stereocenters. The molecule has 0 spiro atoms. The maximum atomic E-state index is 4.60. The van der Waals surface area contributed by atoms with E-state index in [4.69, 9.17) is 0 Å². The Kier molecular flexibility index (Phi) is 4.04. The number of benzene rings is 1. The second kappa shape index (κ2) is 5.96. The summed E-state index contributed by atoms with van der Waals surface area (Å²) in [5.74, 6) is 0. The average Bonchev–Trinajstić information content (AvgIpc) is 2.83. The first-order chi connectivity index (χ1) is 10.2. The fourth-order valence-corrected chi connectivity index (χ4v) is 3.72. The third-order valence-electron chi connectivity index (χ3n) is 3.82. The van der Waals surface area contributed by atoms with Crippen molar-refractivity contribution in [3.05, 3.63) is 63.5 Å². The number of pyridine rings is 1. The fraction of sp³-hybridized carbons (Fsp3) is 0.278. The molecule has 1 unspecified atom stereocenters. The van der Waals surface area contributed by atoms with Gasteiger partial charge in [-0.2, -0.15) is 0 Å². The number of nitrogens with zero attached hydrogens (tertiary/aromatic N) is 1. The van der Waals surface area contributed by atoms with E-state index in [0.29, 0.717) is 0 Å². The van der Waals surface area contributed by atoms with Gasteiger partial charge in [-0.3, -0.25) is 4.98 Å². The lowest BCUT2D eigenvalue weighted by Gasteiger charge is -2.17. The number of aryl methyl sites for hydroxylation is 2. The van der Waals surface area contributed by atoms with Gasteiger partial charge in [-0.15, -0.1) is 11.3 Å². The molecule has 0 saturated heterocycles. The number of hydrogen-bond acceptors (Lipinski definition) is 3. The molecule has 1 N–H and O–H groups in total. The average molecular weight is 296 g/mol. The molecular formula is C18H20N2S. The first-order valence-corrected chi connectivity index (χ1v) is 8.15. The molecule has 2 heterocycles. The Bertz CT molecular complexity index is 741. The van der Waals surface area contributed by atoms with E-state index >= 15 is 0 Å². The third kappa shape index (κ3) is 2.85. The van der Waals surface area contributed by atoms with Crippen LogP contribution in [0.1, 0.15) is 33.8 Å². The van der Waals surface area contributed by atoms with Crippen LogP contribution in [0.15, 0.2) is 42.6 Å². The molecule has 0 radical (unpaired) electrons. The summed E-state index contributed by atoms with van der Waals surface area (Å²) in [6.45, 7) is 7.45. The van der Waals surface area contributed by atoms with Crippen molar-refractivity contribution < 1.29 is 0 Å². The Balaban J connectivity index is 2.06. The van der Waals surface area contributed by atoms with Crippen molar-refractivity contribution >= 4 is 22.2 Å². The Morgan fingerprint density at radius 2 is 2.00 bits per heavy atom. The highest BCUT2D eigenvalue weighted by molar-refractivity contribution is 7.12. The zero-order valence-electron chi connectivity index (χ0n) is 12.7. The van der Waals surface area contributed by atoms with Crippen molar-refractivity contribution in [1.82, 2.24) is 10.3 Å². The summed E-state index contributed by atoms with van der Waals surface area (Å²) in [6, 6.07) is 13.0. The van der Waals surface area contributed by atoms with Gasteiger partial charge in [0, 0.05) is 21.3 Å². The van der Waals surface area contributed by atoms with Gasteiger partial charge in [0.2, 0.25) is 0 Å². The predicted octanol–water partition coefficient (Wildman–Crippen LogP) is 4.61. The smallest absolute Gasteiger partial charge is 0.0702 e. The van der Waals surface area contributed by atoms with Gasteiger partial charge in [-0.1, -0.05) is 25.1 Å². The largest absolute Gasteiger partial charge is 0.306 e. The quantitative estimate of drug-likeness (QED) is 0.760. The van der Waals surface area contributed by atoms with Crippen molar-refractivity contribution in [3.63, 3.8) is 0 Å².